The first-order valence-corrected chi connectivity index (χ1v) is 7.17. The fourth-order valence-corrected chi connectivity index (χ4v) is 2.53. The summed E-state index contributed by atoms with van der Waals surface area (Å²) in [4.78, 5) is 4.38. The highest BCUT2D eigenvalue weighted by atomic mass is 127. The fourth-order valence-electron chi connectivity index (χ4n) is 1.93. The summed E-state index contributed by atoms with van der Waals surface area (Å²) < 4.78 is 15.5. The van der Waals surface area contributed by atoms with E-state index < -0.39 is 0 Å². The number of nitrogens with zero attached hydrogens (tertiary/aromatic N) is 2. The number of halogens is 2. The lowest BCUT2D eigenvalue weighted by Crippen LogP contribution is -2.10. The molecular formula is C15H15FIN3. The van der Waals surface area contributed by atoms with Gasteiger partial charge < -0.3 is 10.3 Å². The Morgan fingerprint density at radius 3 is 2.25 bits per heavy atom. The van der Waals surface area contributed by atoms with E-state index in [0.717, 1.165) is 15.1 Å². The molecule has 1 heterocycles. The van der Waals surface area contributed by atoms with Crippen LogP contribution in [0.5, 0.6) is 0 Å². The van der Waals surface area contributed by atoms with Gasteiger partial charge in [0, 0.05) is 17.5 Å². The second-order valence-corrected chi connectivity index (χ2v) is 5.54. The molecule has 0 saturated heterocycles. The Labute approximate surface area is 131 Å². The number of benzene rings is 1. The van der Waals surface area contributed by atoms with Crippen LogP contribution in [-0.4, -0.2) is 8.29 Å². The largest absolute Gasteiger partial charge is 0.385 e. The number of aromatic nitrogens is 1. The standard InChI is InChI=1S/C15H15FIN3/c1-10-3-4-11(2)20(10)15(18)9-14(17)19-13-7-5-12(16)6-8-13/h3-9H,18H2,1-2H3. The highest BCUT2D eigenvalue weighted by molar-refractivity contribution is 14.1. The maximum atomic E-state index is 12.8. The van der Waals surface area contributed by atoms with E-state index in [0.29, 0.717) is 11.5 Å². The van der Waals surface area contributed by atoms with Crippen molar-refractivity contribution in [2.24, 2.45) is 10.7 Å². The minimum Gasteiger partial charge on any atom is -0.385 e. The molecule has 5 heteroatoms. The molecule has 2 N–H and O–H groups in total. The van der Waals surface area contributed by atoms with Crippen molar-refractivity contribution >= 4 is 37.8 Å². The molecule has 0 aliphatic heterocycles. The molecule has 0 bridgehead atoms. The van der Waals surface area contributed by atoms with Crippen LogP contribution in [0.15, 0.2) is 47.5 Å². The van der Waals surface area contributed by atoms with E-state index in [-0.39, 0.29) is 5.82 Å². The van der Waals surface area contributed by atoms with E-state index in [1.807, 2.05) is 30.5 Å². The predicted molar refractivity (Wildman–Crippen MR) is 89.9 cm³/mol. The van der Waals surface area contributed by atoms with Crippen molar-refractivity contribution in [1.82, 2.24) is 4.57 Å². The molecule has 0 unspecified atom stereocenters. The van der Waals surface area contributed by atoms with E-state index in [9.17, 15) is 4.39 Å². The van der Waals surface area contributed by atoms with E-state index >= 15 is 0 Å². The first-order chi connectivity index (χ1) is 9.47. The first kappa shape index (κ1) is 14.8. The smallest absolute Gasteiger partial charge is 0.123 e. The van der Waals surface area contributed by atoms with Gasteiger partial charge in [-0.1, -0.05) is 0 Å². The molecule has 3 nitrogen and oxygen atoms in total. The van der Waals surface area contributed by atoms with Crippen LogP contribution in [0.25, 0.3) is 5.82 Å². The van der Waals surface area contributed by atoms with Crippen molar-refractivity contribution in [3.05, 3.63) is 59.7 Å². The summed E-state index contributed by atoms with van der Waals surface area (Å²) in [6.07, 6.45) is 1.80. The third-order valence-electron chi connectivity index (χ3n) is 2.86. The highest BCUT2D eigenvalue weighted by Gasteiger charge is 2.04. The predicted octanol–water partition coefficient (Wildman–Crippen LogP) is 4.17. The number of hydrogen-bond acceptors (Lipinski definition) is 2. The molecule has 0 spiro atoms. The zero-order chi connectivity index (χ0) is 14.7. The van der Waals surface area contributed by atoms with Crippen LogP contribution in [0.4, 0.5) is 10.1 Å². The Hall–Kier alpha value is -1.63. The highest BCUT2D eigenvalue weighted by Crippen LogP contribution is 2.16. The van der Waals surface area contributed by atoms with Crippen molar-refractivity contribution < 1.29 is 4.39 Å². The molecule has 2 rings (SSSR count). The fraction of sp³-hybridized carbons (Fsp3) is 0.133. The van der Waals surface area contributed by atoms with Gasteiger partial charge in [0.2, 0.25) is 0 Å². The van der Waals surface area contributed by atoms with Gasteiger partial charge in [0.25, 0.3) is 0 Å². The average molecular weight is 383 g/mol. The quantitative estimate of drug-likeness (QED) is 0.628. The van der Waals surface area contributed by atoms with E-state index in [4.69, 9.17) is 5.73 Å². The number of aliphatic imine (C=N–C) groups is 1. The van der Waals surface area contributed by atoms with Gasteiger partial charge in [-0.05, 0) is 72.8 Å². The Balaban J connectivity index is 2.27. The third-order valence-corrected chi connectivity index (χ3v) is 3.41. The monoisotopic (exact) mass is 383 g/mol. The van der Waals surface area contributed by atoms with Gasteiger partial charge in [-0.3, -0.25) is 0 Å². The molecule has 0 fully saturated rings. The Morgan fingerprint density at radius 1 is 1.15 bits per heavy atom. The van der Waals surface area contributed by atoms with Crippen molar-refractivity contribution in [1.29, 1.82) is 0 Å². The van der Waals surface area contributed by atoms with Crippen molar-refractivity contribution in [2.75, 3.05) is 0 Å². The lowest BCUT2D eigenvalue weighted by atomic mass is 10.3. The molecule has 0 radical (unpaired) electrons. The van der Waals surface area contributed by atoms with E-state index in [1.54, 1.807) is 18.2 Å². The molecule has 2 aromatic rings. The number of aryl methyl sites for hydroxylation is 2. The molecular weight excluding hydrogens is 368 g/mol. The van der Waals surface area contributed by atoms with Gasteiger partial charge in [0.1, 0.15) is 15.4 Å². The zero-order valence-corrected chi connectivity index (χ0v) is 13.4. The number of hydrogen-bond donors (Lipinski definition) is 1. The summed E-state index contributed by atoms with van der Waals surface area (Å²) in [6, 6.07) is 10.1. The second-order valence-electron chi connectivity index (χ2n) is 4.43. The molecule has 0 saturated carbocycles. The minimum absolute atomic E-state index is 0.271. The van der Waals surface area contributed by atoms with Crippen LogP contribution in [-0.2, 0) is 0 Å². The van der Waals surface area contributed by atoms with Crippen LogP contribution in [0.1, 0.15) is 11.4 Å². The average Bonchev–Trinajstić information content (AvgIpc) is 2.72. The van der Waals surface area contributed by atoms with Gasteiger partial charge in [-0.2, -0.15) is 0 Å². The Kier molecular flexibility index (Phi) is 4.59. The third kappa shape index (κ3) is 3.47. The van der Waals surface area contributed by atoms with Crippen LogP contribution in [0.3, 0.4) is 0 Å². The summed E-state index contributed by atoms with van der Waals surface area (Å²) in [5.41, 5.74) is 8.94. The lowest BCUT2D eigenvalue weighted by Gasteiger charge is -2.08. The first-order valence-electron chi connectivity index (χ1n) is 6.09. The van der Waals surface area contributed by atoms with Gasteiger partial charge in [0.15, 0.2) is 0 Å². The maximum Gasteiger partial charge on any atom is 0.123 e. The molecule has 104 valence electrons. The molecule has 20 heavy (non-hydrogen) atoms. The molecule has 1 aromatic carbocycles. The molecule has 0 atom stereocenters. The second kappa shape index (κ2) is 6.21. The molecule has 0 amide bonds. The molecule has 0 aliphatic rings. The number of allylic oxidation sites excluding steroid dienone is 1. The SMILES string of the molecule is Cc1ccc(C)n1C(N)=CC(I)=Nc1ccc(F)cc1. The topological polar surface area (TPSA) is 43.3 Å². The van der Waals surface area contributed by atoms with Crippen molar-refractivity contribution in [3.63, 3.8) is 0 Å². The van der Waals surface area contributed by atoms with Gasteiger partial charge in [-0.15, -0.1) is 0 Å². The normalized spacial score (nSPS) is 12.8. The summed E-state index contributed by atoms with van der Waals surface area (Å²) in [7, 11) is 0. The van der Waals surface area contributed by atoms with Crippen LogP contribution in [0.2, 0.25) is 0 Å². The number of nitrogens with two attached hydrogens (primary N) is 1. The Bertz CT molecular complexity index is 649. The summed E-state index contributed by atoms with van der Waals surface area (Å²) in [5, 5.41) is 0. The van der Waals surface area contributed by atoms with Gasteiger partial charge in [-0.25, -0.2) is 9.38 Å². The van der Waals surface area contributed by atoms with Gasteiger partial charge >= 0.3 is 0 Å². The van der Waals surface area contributed by atoms with Crippen molar-refractivity contribution in [2.45, 2.75) is 13.8 Å². The minimum atomic E-state index is -0.271. The van der Waals surface area contributed by atoms with Crippen LogP contribution < -0.4 is 5.73 Å². The summed E-state index contributed by atoms with van der Waals surface area (Å²) in [5.74, 6) is 0.341. The molecule has 0 aliphatic carbocycles. The summed E-state index contributed by atoms with van der Waals surface area (Å²) in [6.45, 7) is 4.00. The zero-order valence-electron chi connectivity index (χ0n) is 11.3. The lowest BCUT2D eigenvalue weighted by molar-refractivity contribution is 0.628. The maximum absolute atomic E-state index is 12.8. The number of rotatable bonds is 3. The van der Waals surface area contributed by atoms with Crippen LogP contribution in [0, 0.1) is 19.7 Å². The van der Waals surface area contributed by atoms with Gasteiger partial charge in [0.05, 0.1) is 5.69 Å². The summed E-state index contributed by atoms with van der Waals surface area (Å²) >= 11 is 2.10. The van der Waals surface area contributed by atoms with Crippen molar-refractivity contribution in [3.8, 4) is 0 Å². The van der Waals surface area contributed by atoms with E-state index in [1.165, 1.54) is 12.1 Å². The van der Waals surface area contributed by atoms with Crippen LogP contribution >= 0.6 is 22.6 Å². The van der Waals surface area contributed by atoms with E-state index in [2.05, 4.69) is 27.6 Å². The Morgan fingerprint density at radius 2 is 1.70 bits per heavy atom. The molecule has 1 aromatic heterocycles.